The molecular weight excluding hydrogens is 214 g/mol. The number of aliphatic hydroxyl groups excluding tert-OH is 1. The number of morpholine rings is 1. The van der Waals surface area contributed by atoms with Crippen LogP contribution in [-0.4, -0.2) is 41.4 Å². The zero-order valence-electron chi connectivity index (χ0n) is 10.5. The fraction of sp³-hybridized carbons (Fsp3) is 0.571. The third kappa shape index (κ3) is 3.06. The van der Waals surface area contributed by atoms with Crippen LogP contribution < -0.4 is 0 Å². The lowest BCUT2D eigenvalue weighted by Gasteiger charge is -2.42. The molecule has 3 nitrogen and oxygen atoms in total. The number of nitrogens with zero attached hydrogens (tertiary/aromatic N) is 1. The number of hydrogen-bond donors (Lipinski definition) is 1. The van der Waals surface area contributed by atoms with E-state index in [-0.39, 0.29) is 24.9 Å². The molecule has 0 unspecified atom stereocenters. The average Bonchev–Trinajstić information content (AvgIpc) is 2.30. The molecule has 3 atom stereocenters. The summed E-state index contributed by atoms with van der Waals surface area (Å²) in [7, 11) is 0. The van der Waals surface area contributed by atoms with Crippen molar-refractivity contribution in [3.63, 3.8) is 0 Å². The van der Waals surface area contributed by atoms with Crippen molar-refractivity contribution in [2.75, 3.05) is 13.2 Å². The zero-order valence-corrected chi connectivity index (χ0v) is 10.5. The van der Waals surface area contributed by atoms with Crippen molar-refractivity contribution in [3.8, 4) is 0 Å². The highest BCUT2D eigenvalue weighted by Crippen LogP contribution is 2.20. The second kappa shape index (κ2) is 5.63. The highest BCUT2D eigenvalue weighted by molar-refractivity contribution is 5.14. The summed E-state index contributed by atoms with van der Waals surface area (Å²) in [5, 5.41) is 9.47. The molecule has 1 fully saturated rings. The molecule has 94 valence electrons. The predicted octanol–water partition coefficient (Wildman–Crippen LogP) is 1.66. The van der Waals surface area contributed by atoms with E-state index in [0.717, 1.165) is 13.1 Å². The summed E-state index contributed by atoms with van der Waals surface area (Å²) >= 11 is 0. The molecule has 1 saturated heterocycles. The van der Waals surface area contributed by atoms with Crippen molar-refractivity contribution < 1.29 is 9.84 Å². The van der Waals surface area contributed by atoms with Gasteiger partial charge in [-0.2, -0.15) is 0 Å². The first-order valence-electron chi connectivity index (χ1n) is 6.25. The Morgan fingerprint density at radius 1 is 1.29 bits per heavy atom. The van der Waals surface area contributed by atoms with Crippen LogP contribution in [0.4, 0.5) is 0 Å². The standard InChI is InChI=1S/C14H21NO2/c1-11-8-15(14(10-16)12(2)17-11)9-13-6-4-3-5-7-13/h3-7,11-12,14,16H,8-10H2,1-2H3/t11-,12-,14+/m0/s1. The van der Waals surface area contributed by atoms with Gasteiger partial charge in [0, 0.05) is 13.1 Å². The maximum atomic E-state index is 9.47. The van der Waals surface area contributed by atoms with Gasteiger partial charge in [-0.05, 0) is 19.4 Å². The minimum absolute atomic E-state index is 0.0902. The highest BCUT2D eigenvalue weighted by atomic mass is 16.5. The van der Waals surface area contributed by atoms with E-state index in [9.17, 15) is 5.11 Å². The van der Waals surface area contributed by atoms with Crippen LogP contribution in [0.15, 0.2) is 30.3 Å². The van der Waals surface area contributed by atoms with Gasteiger partial charge in [0.25, 0.3) is 0 Å². The van der Waals surface area contributed by atoms with E-state index < -0.39 is 0 Å². The van der Waals surface area contributed by atoms with E-state index in [4.69, 9.17) is 4.74 Å². The Labute approximate surface area is 103 Å². The second-order valence-electron chi connectivity index (χ2n) is 4.82. The van der Waals surface area contributed by atoms with Crippen molar-refractivity contribution in [1.29, 1.82) is 0 Å². The lowest BCUT2D eigenvalue weighted by Crippen LogP contribution is -2.54. The van der Waals surface area contributed by atoms with Gasteiger partial charge >= 0.3 is 0 Å². The van der Waals surface area contributed by atoms with Crippen molar-refractivity contribution in [1.82, 2.24) is 4.90 Å². The monoisotopic (exact) mass is 235 g/mol. The number of hydrogen-bond acceptors (Lipinski definition) is 3. The van der Waals surface area contributed by atoms with E-state index in [1.165, 1.54) is 5.56 Å². The molecule has 0 saturated carbocycles. The van der Waals surface area contributed by atoms with Crippen molar-refractivity contribution in [2.45, 2.75) is 38.6 Å². The molecule has 1 heterocycles. The second-order valence-corrected chi connectivity index (χ2v) is 4.82. The fourth-order valence-electron chi connectivity index (χ4n) is 2.53. The molecule has 0 bridgehead atoms. The summed E-state index contributed by atoms with van der Waals surface area (Å²) in [4.78, 5) is 2.31. The van der Waals surface area contributed by atoms with Crippen molar-refractivity contribution >= 4 is 0 Å². The molecule has 3 heteroatoms. The largest absolute Gasteiger partial charge is 0.395 e. The Bertz CT molecular complexity index is 341. The van der Waals surface area contributed by atoms with E-state index in [0.29, 0.717) is 0 Å². The smallest absolute Gasteiger partial charge is 0.0728 e. The predicted molar refractivity (Wildman–Crippen MR) is 67.7 cm³/mol. The summed E-state index contributed by atoms with van der Waals surface area (Å²) < 4.78 is 5.76. The van der Waals surface area contributed by atoms with Gasteiger partial charge in [-0.25, -0.2) is 0 Å². The average molecular weight is 235 g/mol. The van der Waals surface area contributed by atoms with Gasteiger partial charge in [-0.15, -0.1) is 0 Å². The Balaban J connectivity index is 2.07. The van der Waals surface area contributed by atoms with Crippen LogP contribution in [-0.2, 0) is 11.3 Å². The van der Waals surface area contributed by atoms with Gasteiger partial charge in [0.2, 0.25) is 0 Å². The molecule has 1 aliphatic rings. The van der Waals surface area contributed by atoms with Crippen LogP contribution in [0.1, 0.15) is 19.4 Å². The molecule has 1 aromatic carbocycles. The Kier molecular flexibility index (Phi) is 4.15. The van der Waals surface area contributed by atoms with E-state index >= 15 is 0 Å². The van der Waals surface area contributed by atoms with Gasteiger partial charge in [-0.3, -0.25) is 4.90 Å². The minimum Gasteiger partial charge on any atom is -0.395 e. The number of benzene rings is 1. The minimum atomic E-state index is 0.0902. The molecule has 0 amide bonds. The summed E-state index contributed by atoms with van der Waals surface area (Å²) in [6.07, 6.45) is 0.323. The Morgan fingerprint density at radius 2 is 2.00 bits per heavy atom. The highest BCUT2D eigenvalue weighted by Gasteiger charge is 2.31. The van der Waals surface area contributed by atoms with Crippen LogP contribution in [0.5, 0.6) is 0 Å². The van der Waals surface area contributed by atoms with E-state index in [1.54, 1.807) is 0 Å². The van der Waals surface area contributed by atoms with Crippen LogP contribution in [0.2, 0.25) is 0 Å². The first kappa shape index (κ1) is 12.6. The van der Waals surface area contributed by atoms with Crippen LogP contribution in [0.25, 0.3) is 0 Å². The summed E-state index contributed by atoms with van der Waals surface area (Å²) in [6.45, 7) is 6.03. The zero-order chi connectivity index (χ0) is 12.3. The first-order valence-corrected chi connectivity index (χ1v) is 6.25. The summed E-state index contributed by atoms with van der Waals surface area (Å²) in [5.74, 6) is 0. The Hall–Kier alpha value is -0.900. The topological polar surface area (TPSA) is 32.7 Å². The molecular formula is C14H21NO2. The van der Waals surface area contributed by atoms with Crippen LogP contribution >= 0.6 is 0 Å². The van der Waals surface area contributed by atoms with E-state index in [1.807, 2.05) is 13.0 Å². The van der Waals surface area contributed by atoms with Crippen LogP contribution in [0, 0.1) is 0 Å². The number of ether oxygens (including phenoxy) is 1. The molecule has 2 rings (SSSR count). The number of rotatable bonds is 3. The molecule has 1 aromatic rings. The van der Waals surface area contributed by atoms with Gasteiger partial charge in [-0.1, -0.05) is 30.3 Å². The lowest BCUT2D eigenvalue weighted by atomic mass is 10.1. The van der Waals surface area contributed by atoms with Gasteiger partial charge in [0.05, 0.1) is 24.9 Å². The molecule has 0 radical (unpaired) electrons. The normalized spacial score (nSPS) is 30.4. The molecule has 1 N–H and O–H groups in total. The molecule has 17 heavy (non-hydrogen) atoms. The third-order valence-electron chi connectivity index (χ3n) is 3.36. The van der Waals surface area contributed by atoms with Crippen molar-refractivity contribution in [2.24, 2.45) is 0 Å². The fourth-order valence-corrected chi connectivity index (χ4v) is 2.53. The lowest BCUT2D eigenvalue weighted by molar-refractivity contribution is -0.118. The van der Waals surface area contributed by atoms with Crippen LogP contribution in [0.3, 0.4) is 0 Å². The van der Waals surface area contributed by atoms with Gasteiger partial charge in [0.15, 0.2) is 0 Å². The third-order valence-corrected chi connectivity index (χ3v) is 3.36. The molecule has 0 spiro atoms. The summed E-state index contributed by atoms with van der Waals surface area (Å²) in [5.41, 5.74) is 1.28. The quantitative estimate of drug-likeness (QED) is 0.865. The molecule has 0 aromatic heterocycles. The number of aliphatic hydroxyl groups is 1. The maximum absolute atomic E-state index is 9.47. The van der Waals surface area contributed by atoms with E-state index in [2.05, 4.69) is 36.1 Å². The first-order chi connectivity index (χ1) is 8.20. The Morgan fingerprint density at radius 3 is 2.65 bits per heavy atom. The summed E-state index contributed by atoms with van der Waals surface area (Å²) in [6, 6.07) is 10.5. The maximum Gasteiger partial charge on any atom is 0.0728 e. The molecule has 0 aliphatic carbocycles. The van der Waals surface area contributed by atoms with Gasteiger partial charge in [0.1, 0.15) is 0 Å². The van der Waals surface area contributed by atoms with Gasteiger partial charge < -0.3 is 9.84 Å². The SMILES string of the molecule is C[C@@H]1O[C@@H](C)CN(Cc2ccccc2)[C@@H]1CO. The van der Waals surface area contributed by atoms with Crippen molar-refractivity contribution in [3.05, 3.63) is 35.9 Å². The molecule has 1 aliphatic heterocycles.